The lowest BCUT2D eigenvalue weighted by molar-refractivity contribution is 0.554. The number of hydrogen-bond donors (Lipinski definition) is 1. The molecule has 2 atom stereocenters. The van der Waals surface area contributed by atoms with Crippen molar-refractivity contribution in [1.82, 2.24) is 4.98 Å². The van der Waals surface area contributed by atoms with Gasteiger partial charge in [0, 0.05) is 6.20 Å². The van der Waals surface area contributed by atoms with Crippen molar-refractivity contribution in [3.05, 3.63) is 42.7 Å². The number of hydrogen-bond acceptors (Lipinski definition) is 2. The average Bonchev–Trinajstić information content (AvgIpc) is 2.17. The summed E-state index contributed by atoms with van der Waals surface area (Å²) in [6.07, 6.45) is 3.60. The van der Waals surface area contributed by atoms with Crippen LogP contribution in [0.3, 0.4) is 0 Å². The molecule has 0 aromatic carbocycles. The van der Waals surface area contributed by atoms with Crippen LogP contribution in [0.25, 0.3) is 0 Å². The molecular weight excluding hydrogens is 148 g/mol. The summed E-state index contributed by atoms with van der Waals surface area (Å²) in [7, 11) is 0. The van der Waals surface area contributed by atoms with Gasteiger partial charge in [0.25, 0.3) is 0 Å². The fraction of sp³-hybridized carbons (Fsp3) is 0.300. The second kappa shape index (κ2) is 4.02. The van der Waals surface area contributed by atoms with E-state index in [9.17, 15) is 0 Å². The third-order valence-corrected chi connectivity index (χ3v) is 1.97. The van der Waals surface area contributed by atoms with Crippen LogP contribution in [0.15, 0.2) is 37.1 Å². The van der Waals surface area contributed by atoms with E-state index < -0.39 is 0 Å². The molecule has 0 saturated heterocycles. The molecule has 2 N–H and O–H groups in total. The Kier molecular flexibility index (Phi) is 3.00. The summed E-state index contributed by atoms with van der Waals surface area (Å²) < 4.78 is 0. The van der Waals surface area contributed by atoms with Gasteiger partial charge in [-0.3, -0.25) is 4.98 Å². The molecule has 0 aliphatic carbocycles. The van der Waals surface area contributed by atoms with Crippen LogP contribution < -0.4 is 5.73 Å². The molecule has 0 saturated carbocycles. The van der Waals surface area contributed by atoms with Crippen LogP contribution in [-0.2, 0) is 0 Å². The van der Waals surface area contributed by atoms with Crippen molar-refractivity contribution < 1.29 is 0 Å². The van der Waals surface area contributed by atoms with Crippen molar-refractivity contribution in [2.75, 3.05) is 0 Å². The normalized spacial score (nSPS) is 15.2. The van der Waals surface area contributed by atoms with Crippen molar-refractivity contribution in [2.24, 2.45) is 11.7 Å². The largest absolute Gasteiger partial charge is 0.322 e. The Hall–Kier alpha value is -1.15. The van der Waals surface area contributed by atoms with Crippen molar-refractivity contribution >= 4 is 0 Å². The summed E-state index contributed by atoms with van der Waals surface area (Å²) in [6.45, 7) is 5.73. The molecule has 1 rings (SSSR count). The topological polar surface area (TPSA) is 38.9 Å². The first kappa shape index (κ1) is 8.94. The molecule has 0 radical (unpaired) electrons. The lowest BCUT2D eigenvalue weighted by atomic mass is 10.00. The Labute approximate surface area is 73.1 Å². The van der Waals surface area contributed by atoms with Crippen LogP contribution in [0.1, 0.15) is 18.7 Å². The zero-order valence-electron chi connectivity index (χ0n) is 7.27. The standard InChI is InChI=1S/C10H14N2/c1-3-8(2)10(11)9-6-4-5-7-12-9/h3-8,10H,1,11H2,2H3/t8-,10+/m1/s1. The molecule has 0 unspecified atom stereocenters. The van der Waals surface area contributed by atoms with Crippen molar-refractivity contribution in [1.29, 1.82) is 0 Å². The van der Waals surface area contributed by atoms with Gasteiger partial charge in [-0.1, -0.05) is 19.1 Å². The fourth-order valence-electron chi connectivity index (χ4n) is 0.989. The Balaban J connectivity index is 2.78. The van der Waals surface area contributed by atoms with E-state index in [1.54, 1.807) is 6.20 Å². The molecule has 2 heteroatoms. The van der Waals surface area contributed by atoms with Gasteiger partial charge in [0.15, 0.2) is 0 Å². The van der Waals surface area contributed by atoms with E-state index in [4.69, 9.17) is 5.73 Å². The lowest BCUT2D eigenvalue weighted by Crippen LogP contribution is -2.18. The highest BCUT2D eigenvalue weighted by Gasteiger charge is 2.11. The number of rotatable bonds is 3. The van der Waals surface area contributed by atoms with Crippen LogP contribution in [0, 0.1) is 5.92 Å². The Morgan fingerprint density at radius 1 is 1.58 bits per heavy atom. The summed E-state index contributed by atoms with van der Waals surface area (Å²) in [4.78, 5) is 4.17. The van der Waals surface area contributed by atoms with Crippen molar-refractivity contribution in [2.45, 2.75) is 13.0 Å². The molecule has 1 aromatic heterocycles. The van der Waals surface area contributed by atoms with E-state index in [1.165, 1.54) is 0 Å². The highest BCUT2D eigenvalue weighted by Crippen LogP contribution is 2.16. The molecule has 0 bridgehead atoms. The zero-order chi connectivity index (χ0) is 8.97. The lowest BCUT2D eigenvalue weighted by Gasteiger charge is -2.14. The van der Waals surface area contributed by atoms with Crippen LogP contribution in [0.2, 0.25) is 0 Å². The zero-order valence-corrected chi connectivity index (χ0v) is 7.27. The molecule has 2 nitrogen and oxygen atoms in total. The first-order valence-corrected chi connectivity index (χ1v) is 4.04. The first-order chi connectivity index (χ1) is 5.75. The Morgan fingerprint density at radius 3 is 2.83 bits per heavy atom. The monoisotopic (exact) mass is 162 g/mol. The Bertz CT molecular complexity index is 243. The third kappa shape index (κ3) is 1.92. The molecule has 0 amide bonds. The second-order valence-electron chi connectivity index (χ2n) is 2.88. The van der Waals surface area contributed by atoms with Gasteiger partial charge in [-0.2, -0.15) is 0 Å². The van der Waals surface area contributed by atoms with Gasteiger partial charge in [0.1, 0.15) is 0 Å². The number of nitrogens with zero attached hydrogens (tertiary/aromatic N) is 1. The number of pyridine rings is 1. The molecule has 64 valence electrons. The number of aromatic nitrogens is 1. The van der Waals surface area contributed by atoms with E-state index in [1.807, 2.05) is 31.2 Å². The first-order valence-electron chi connectivity index (χ1n) is 4.04. The maximum Gasteiger partial charge on any atom is 0.0576 e. The van der Waals surface area contributed by atoms with Crippen LogP contribution >= 0.6 is 0 Å². The molecule has 0 aliphatic heterocycles. The molecule has 1 aromatic rings. The average molecular weight is 162 g/mol. The smallest absolute Gasteiger partial charge is 0.0576 e. The van der Waals surface area contributed by atoms with Gasteiger partial charge in [0.2, 0.25) is 0 Å². The minimum Gasteiger partial charge on any atom is -0.322 e. The van der Waals surface area contributed by atoms with E-state index in [0.717, 1.165) is 5.69 Å². The van der Waals surface area contributed by atoms with E-state index in [-0.39, 0.29) is 12.0 Å². The SMILES string of the molecule is C=C[C@@H](C)[C@H](N)c1ccccn1. The molecule has 0 spiro atoms. The molecular formula is C10H14N2. The molecule has 0 fully saturated rings. The minimum atomic E-state index is -0.0382. The van der Waals surface area contributed by atoms with Crippen LogP contribution in [-0.4, -0.2) is 4.98 Å². The summed E-state index contributed by atoms with van der Waals surface area (Å²) in [5.74, 6) is 0.264. The second-order valence-corrected chi connectivity index (χ2v) is 2.88. The maximum absolute atomic E-state index is 5.92. The maximum atomic E-state index is 5.92. The summed E-state index contributed by atoms with van der Waals surface area (Å²) in [5.41, 5.74) is 6.84. The predicted octanol–water partition coefficient (Wildman–Crippen LogP) is 1.90. The van der Waals surface area contributed by atoms with Gasteiger partial charge < -0.3 is 5.73 Å². The quantitative estimate of drug-likeness (QED) is 0.689. The van der Waals surface area contributed by atoms with E-state index in [2.05, 4.69) is 11.6 Å². The highest BCUT2D eigenvalue weighted by atomic mass is 14.8. The van der Waals surface area contributed by atoms with Gasteiger partial charge in [-0.05, 0) is 18.1 Å². The number of nitrogens with two attached hydrogens (primary N) is 1. The fourth-order valence-corrected chi connectivity index (χ4v) is 0.989. The predicted molar refractivity (Wildman–Crippen MR) is 50.5 cm³/mol. The summed E-state index contributed by atoms with van der Waals surface area (Å²) in [5, 5.41) is 0. The van der Waals surface area contributed by atoms with Gasteiger partial charge in [0.05, 0.1) is 11.7 Å². The molecule has 12 heavy (non-hydrogen) atoms. The van der Waals surface area contributed by atoms with Crippen LogP contribution in [0.4, 0.5) is 0 Å². The van der Waals surface area contributed by atoms with Gasteiger partial charge in [-0.15, -0.1) is 6.58 Å². The van der Waals surface area contributed by atoms with Gasteiger partial charge >= 0.3 is 0 Å². The third-order valence-electron chi connectivity index (χ3n) is 1.97. The van der Waals surface area contributed by atoms with Crippen LogP contribution in [0.5, 0.6) is 0 Å². The van der Waals surface area contributed by atoms with Gasteiger partial charge in [-0.25, -0.2) is 0 Å². The van der Waals surface area contributed by atoms with E-state index >= 15 is 0 Å². The minimum absolute atomic E-state index is 0.0382. The molecule has 1 heterocycles. The highest BCUT2D eigenvalue weighted by molar-refractivity contribution is 5.10. The van der Waals surface area contributed by atoms with Crippen molar-refractivity contribution in [3.63, 3.8) is 0 Å². The summed E-state index contributed by atoms with van der Waals surface area (Å²) >= 11 is 0. The van der Waals surface area contributed by atoms with E-state index in [0.29, 0.717) is 0 Å². The Morgan fingerprint density at radius 2 is 2.33 bits per heavy atom. The summed E-state index contributed by atoms with van der Waals surface area (Å²) in [6, 6.07) is 5.72. The molecule has 0 aliphatic rings. The van der Waals surface area contributed by atoms with Crippen molar-refractivity contribution in [3.8, 4) is 0 Å².